The van der Waals surface area contributed by atoms with E-state index in [1.165, 1.54) is 19.3 Å². The molecule has 1 fully saturated rings. The molecule has 134 valence electrons. The molecule has 0 saturated heterocycles. The second kappa shape index (κ2) is 8.29. The number of hydrogen-bond acceptors (Lipinski definition) is 5. The molecule has 0 aliphatic heterocycles. The molecule has 0 bridgehead atoms. The number of H-pyrrole nitrogens is 1. The molecule has 0 atom stereocenters. The van der Waals surface area contributed by atoms with Gasteiger partial charge in [-0.25, -0.2) is 0 Å². The van der Waals surface area contributed by atoms with E-state index in [1.807, 2.05) is 25.1 Å². The Morgan fingerprint density at radius 2 is 2.12 bits per heavy atom. The first-order valence-corrected chi connectivity index (χ1v) is 9.16. The number of methoxy groups -OCH3 is 1. The van der Waals surface area contributed by atoms with E-state index < -0.39 is 0 Å². The van der Waals surface area contributed by atoms with Crippen LogP contribution >= 0.6 is 12.2 Å². The van der Waals surface area contributed by atoms with Gasteiger partial charge in [0, 0.05) is 5.92 Å². The second-order valence-corrected chi connectivity index (χ2v) is 6.51. The lowest BCUT2D eigenvalue weighted by molar-refractivity contribution is 0.311. The summed E-state index contributed by atoms with van der Waals surface area (Å²) in [4.78, 5) is 0. The van der Waals surface area contributed by atoms with Crippen LogP contribution in [0.25, 0.3) is 0 Å². The lowest BCUT2D eigenvalue weighted by atomic mass is 9.89. The van der Waals surface area contributed by atoms with Crippen LogP contribution in [0.4, 0.5) is 0 Å². The fourth-order valence-electron chi connectivity index (χ4n) is 3.21. The molecule has 1 aromatic carbocycles. The molecule has 7 heteroatoms. The van der Waals surface area contributed by atoms with E-state index in [4.69, 9.17) is 21.7 Å². The van der Waals surface area contributed by atoms with Crippen LogP contribution in [0.1, 0.15) is 56.3 Å². The zero-order chi connectivity index (χ0) is 17.6. The second-order valence-electron chi connectivity index (χ2n) is 6.12. The average molecular weight is 360 g/mol. The molecule has 0 unspecified atom stereocenters. The van der Waals surface area contributed by atoms with Gasteiger partial charge in [-0.3, -0.25) is 5.10 Å². The number of hydrogen-bond donors (Lipinski definition) is 1. The highest BCUT2D eigenvalue weighted by molar-refractivity contribution is 7.71. The zero-order valence-electron chi connectivity index (χ0n) is 14.7. The molecule has 1 aliphatic carbocycles. The van der Waals surface area contributed by atoms with Crippen LogP contribution in [0, 0.1) is 4.77 Å². The first kappa shape index (κ1) is 17.7. The number of nitrogens with zero attached hydrogens (tertiary/aromatic N) is 3. The smallest absolute Gasteiger partial charge is 0.216 e. The highest BCUT2D eigenvalue weighted by Gasteiger charge is 2.21. The van der Waals surface area contributed by atoms with Gasteiger partial charge in [-0.05, 0) is 55.7 Å². The topological polar surface area (TPSA) is 64.4 Å². The molecule has 0 amide bonds. The summed E-state index contributed by atoms with van der Waals surface area (Å²) < 4.78 is 13.2. The molecule has 1 heterocycles. The lowest BCUT2D eigenvalue weighted by Crippen LogP contribution is -2.10. The van der Waals surface area contributed by atoms with Crippen molar-refractivity contribution in [3.8, 4) is 11.5 Å². The number of benzene rings is 1. The van der Waals surface area contributed by atoms with Crippen molar-refractivity contribution >= 4 is 18.4 Å². The normalized spacial score (nSPS) is 15.6. The third kappa shape index (κ3) is 4.10. The van der Waals surface area contributed by atoms with Crippen molar-refractivity contribution < 1.29 is 9.47 Å². The van der Waals surface area contributed by atoms with Crippen molar-refractivity contribution in [2.24, 2.45) is 5.10 Å². The summed E-state index contributed by atoms with van der Waals surface area (Å²) in [6, 6.07) is 5.73. The standard InChI is InChI=1S/C18H24N4O2S/c1-3-24-16-11-13(9-10-15(16)23-2)12-19-22-17(20-21-18(22)25)14-7-5-4-6-8-14/h9-12,14H,3-8H2,1-2H3,(H,21,25)/b19-12-. The number of rotatable bonds is 6. The van der Waals surface area contributed by atoms with Gasteiger partial charge in [-0.15, -0.1) is 0 Å². The molecular formula is C18H24N4O2S. The van der Waals surface area contributed by atoms with E-state index in [-0.39, 0.29) is 0 Å². The monoisotopic (exact) mass is 360 g/mol. The highest BCUT2D eigenvalue weighted by Crippen LogP contribution is 2.31. The summed E-state index contributed by atoms with van der Waals surface area (Å²) >= 11 is 5.35. The van der Waals surface area contributed by atoms with Crippen molar-refractivity contribution in [1.29, 1.82) is 0 Å². The summed E-state index contributed by atoms with van der Waals surface area (Å²) in [6.07, 6.45) is 7.85. The minimum Gasteiger partial charge on any atom is -0.493 e. The van der Waals surface area contributed by atoms with E-state index >= 15 is 0 Å². The van der Waals surface area contributed by atoms with Crippen LogP contribution in [0.3, 0.4) is 0 Å². The minimum atomic E-state index is 0.425. The Kier molecular flexibility index (Phi) is 5.86. The SMILES string of the molecule is CCOc1cc(/C=N\n2c(C3CCCCC3)n[nH]c2=S)ccc1OC. The Labute approximate surface area is 152 Å². The van der Waals surface area contributed by atoms with E-state index in [0.717, 1.165) is 24.2 Å². The Bertz CT molecular complexity index is 791. The van der Waals surface area contributed by atoms with Gasteiger partial charge in [0.2, 0.25) is 4.77 Å². The molecule has 3 rings (SSSR count). The molecule has 25 heavy (non-hydrogen) atoms. The molecule has 2 aromatic rings. The van der Waals surface area contributed by atoms with Crippen LogP contribution in [-0.2, 0) is 0 Å². The van der Waals surface area contributed by atoms with E-state index in [0.29, 0.717) is 28.8 Å². The molecular weight excluding hydrogens is 336 g/mol. The summed E-state index contributed by atoms with van der Waals surface area (Å²) in [6.45, 7) is 2.52. The van der Waals surface area contributed by atoms with Crippen molar-refractivity contribution in [2.75, 3.05) is 13.7 Å². The van der Waals surface area contributed by atoms with Gasteiger partial charge in [0.15, 0.2) is 17.3 Å². The first-order valence-electron chi connectivity index (χ1n) is 8.75. The van der Waals surface area contributed by atoms with Crippen molar-refractivity contribution in [1.82, 2.24) is 14.9 Å². The van der Waals surface area contributed by atoms with Gasteiger partial charge in [-0.1, -0.05) is 19.3 Å². The predicted molar refractivity (Wildman–Crippen MR) is 100 cm³/mol. The predicted octanol–water partition coefficient (Wildman–Crippen LogP) is 4.28. The summed E-state index contributed by atoms with van der Waals surface area (Å²) in [5.41, 5.74) is 0.918. The number of ether oxygens (including phenoxy) is 2. The van der Waals surface area contributed by atoms with Crippen molar-refractivity contribution in [2.45, 2.75) is 44.9 Å². The van der Waals surface area contributed by atoms with Gasteiger partial charge in [0.05, 0.1) is 19.9 Å². The third-order valence-corrected chi connectivity index (χ3v) is 4.72. The van der Waals surface area contributed by atoms with Gasteiger partial charge in [0.25, 0.3) is 0 Å². The molecule has 6 nitrogen and oxygen atoms in total. The van der Waals surface area contributed by atoms with Crippen LogP contribution in [-0.4, -0.2) is 34.8 Å². The van der Waals surface area contributed by atoms with E-state index in [1.54, 1.807) is 18.0 Å². The summed E-state index contributed by atoms with van der Waals surface area (Å²) in [5.74, 6) is 2.77. The molecule has 1 saturated carbocycles. The Morgan fingerprint density at radius 1 is 1.32 bits per heavy atom. The quantitative estimate of drug-likeness (QED) is 0.617. The van der Waals surface area contributed by atoms with Gasteiger partial charge in [-0.2, -0.15) is 14.9 Å². The van der Waals surface area contributed by atoms with Gasteiger partial charge >= 0.3 is 0 Å². The molecule has 1 N–H and O–H groups in total. The van der Waals surface area contributed by atoms with Crippen LogP contribution in [0.2, 0.25) is 0 Å². The summed E-state index contributed by atoms with van der Waals surface area (Å²) in [5, 5.41) is 11.9. The van der Waals surface area contributed by atoms with Crippen molar-refractivity contribution in [3.05, 3.63) is 34.4 Å². The molecule has 0 spiro atoms. The fraction of sp³-hybridized carbons (Fsp3) is 0.500. The Morgan fingerprint density at radius 3 is 2.84 bits per heavy atom. The number of aromatic amines is 1. The maximum atomic E-state index is 5.62. The molecule has 1 aliphatic rings. The first-order chi connectivity index (χ1) is 12.2. The minimum absolute atomic E-state index is 0.425. The molecule has 0 radical (unpaired) electrons. The number of aromatic nitrogens is 3. The van der Waals surface area contributed by atoms with Crippen molar-refractivity contribution in [3.63, 3.8) is 0 Å². The maximum absolute atomic E-state index is 5.62. The highest BCUT2D eigenvalue weighted by atomic mass is 32.1. The van der Waals surface area contributed by atoms with E-state index in [2.05, 4.69) is 15.3 Å². The average Bonchev–Trinajstić information content (AvgIpc) is 3.02. The number of nitrogens with one attached hydrogen (secondary N) is 1. The summed E-state index contributed by atoms with van der Waals surface area (Å²) in [7, 11) is 1.63. The zero-order valence-corrected chi connectivity index (χ0v) is 15.5. The van der Waals surface area contributed by atoms with Gasteiger partial charge < -0.3 is 9.47 Å². The van der Waals surface area contributed by atoms with Crippen LogP contribution in [0.15, 0.2) is 23.3 Å². The largest absolute Gasteiger partial charge is 0.493 e. The van der Waals surface area contributed by atoms with Gasteiger partial charge in [0.1, 0.15) is 0 Å². The fourth-order valence-corrected chi connectivity index (χ4v) is 3.39. The Hall–Kier alpha value is -2.15. The van der Waals surface area contributed by atoms with Crippen LogP contribution < -0.4 is 9.47 Å². The van der Waals surface area contributed by atoms with Crippen LogP contribution in [0.5, 0.6) is 11.5 Å². The third-order valence-electron chi connectivity index (χ3n) is 4.46. The van der Waals surface area contributed by atoms with E-state index in [9.17, 15) is 0 Å². The molecule has 1 aromatic heterocycles. The Balaban J connectivity index is 1.86. The maximum Gasteiger partial charge on any atom is 0.216 e. The lowest BCUT2D eigenvalue weighted by Gasteiger charge is -2.19.